The van der Waals surface area contributed by atoms with Gasteiger partial charge in [0.15, 0.2) is 0 Å². The molecule has 0 saturated heterocycles. The van der Waals surface area contributed by atoms with Crippen LogP contribution in [0, 0.1) is 0 Å². The van der Waals surface area contributed by atoms with Gasteiger partial charge < -0.3 is 15.1 Å². The number of hydrogen-bond donors (Lipinski definition) is 2. The molecule has 4 amide bonds. The lowest BCUT2D eigenvalue weighted by atomic mass is 10.1. The second-order valence-electron chi connectivity index (χ2n) is 7.27. The van der Waals surface area contributed by atoms with Crippen molar-refractivity contribution in [3.8, 4) is 0 Å². The van der Waals surface area contributed by atoms with Gasteiger partial charge >= 0.3 is 0 Å². The first-order chi connectivity index (χ1) is 15.5. The molecule has 162 valence electrons. The molecule has 0 aliphatic carbocycles. The first-order valence-corrected chi connectivity index (χ1v) is 10.2. The number of para-hydroxylation sites is 1. The van der Waals surface area contributed by atoms with Crippen molar-refractivity contribution in [3.63, 3.8) is 0 Å². The maximum atomic E-state index is 12.5. The molecule has 2 N–H and O–H groups in total. The van der Waals surface area contributed by atoms with Gasteiger partial charge in [0, 0.05) is 13.0 Å². The topological polar surface area (TPSA) is 109 Å². The Labute approximate surface area is 184 Å². The predicted octanol–water partition coefficient (Wildman–Crippen LogP) is 3.22. The van der Waals surface area contributed by atoms with Crippen molar-refractivity contribution in [2.75, 3.05) is 11.9 Å². The number of imide groups is 1. The summed E-state index contributed by atoms with van der Waals surface area (Å²) in [6.45, 7) is 0.374. The van der Waals surface area contributed by atoms with Gasteiger partial charge in [-0.05, 0) is 42.8 Å². The summed E-state index contributed by atoms with van der Waals surface area (Å²) in [5.41, 5.74) is 1.48. The minimum absolute atomic E-state index is 0.0930. The highest BCUT2D eigenvalue weighted by Crippen LogP contribution is 2.23. The van der Waals surface area contributed by atoms with E-state index >= 15 is 0 Å². The van der Waals surface area contributed by atoms with Crippen LogP contribution in [0.1, 0.15) is 49.7 Å². The van der Waals surface area contributed by atoms with Gasteiger partial charge in [-0.3, -0.25) is 24.1 Å². The van der Waals surface area contributed by atoms with Crippen LogP contribution in [0.25, 0.3) is 0 Å². The third-order valence-electron chi connectivity index (χ3n) is 5.11. The molecular formula is C24H21N3O5. The lowest BCUT2D eigenvalue weighted by Gasteiger charge is -2.14. The normalized spacial score (nSPS) is 12.6. The lowest BCUT2D eigenvalue weighted by Crippen LogP contribution is -2.31. The van der Waals surface area contributed by atoms with Crippen molar-refractivity contribution in [2.45, 2.75) is 19.4 Å². The minimum Gasteiger partial charge on any atom is -0.467 e. The largest absolute Gasteiger partial charge is 0.467 e. The van der Waals surface area contributed by atoms with Crippen molar-refractivity contribution in [3.05, 3.63) is 89.4 Å². The van der Waals surface area contributed by atoms with Crippen LogP contribution in [0.4, 0.5) is 5.69 Å². The Morgan fingerprint density at radius 1 is 0.875 bits per heavy atom. The first-order valence-electron chi connectivity index (χ1n) is 10.2. The molecule has 0 radical (unpaired) electrons. The van der Waals surface area contributed by atoms with E-state index in [2.05, 4.69) is 10.6 Å². The van der Waals surface area contributed by atoms with Gasteiger partial charge in [-0.1, -0.05) is 24.3 Å². The fourth-order valence-corrected chi connectivity index (χ4v) is 3.52. The van der Waals surface area contributed by atoms with Crippen LogP contribution in [0.5, 0.6) is 0 Å². The molecule has 4 rings (SSSR count). The molecule has 2 heterocycles. The average molecular weight is 431 g/mol. The summed E-state index contributed by atoms with van der Waals surface area (Å²) in [6.07, 6.45) is 1.93. The van der Waals surface area contributed by atoms with Crippen LogP contribution in [-0.4, -0.2) is 35.1 Å². The highest BCUT2D eigenvalue weighted by atomic mass is 16.3. The molecular weight excluding hydrogens is 410 g/mol. The van der Waals surface area contributed by atoms with Gasteiger partial charge in [-0.25, -0.2) is 0 Å². The number of nitrogens with one attached hydrogen (secondary N) is 2. The standard InChI is InChI=1S/C24H21N3O5/c28-21(12-5-13-27-23(30)17-8-1-2-9-18(17)24(27)31)26-20-11-4-3-10-19(20)22(29)25-15-16-7-6-14-32-16/h1-4,6-11,14H,5,12-13,15H2,(H,25,29)(H,26,28). The minimum atomic E-state index is -0.344. The number of nitrogens with zero attached hydrogens (tertiary/aromatic N) is 1. The van der Waals surface area contributed by atoms with Crippen molar-refractivity contribution < 1.29 is 23.6 Å². The van der Waals surface area contributed by atoms with E-state index in [1.165, 1.54) is 6.26 Å². The van der Waals surface area contributed by atoms with E-state index in [-0.39, 0.29) is 43.1 Å². The van der Waals surface area contributed by atoms with Gasteiger partial charge in [0.25, 0.3) is 17.7 Å². The van der Waals surface area contributed by atoms with Crippen LogP contribution in [0.3, 0.4) is 0 Å². The second kappa shape index (κ2) is 9.30. The molecule has 0 unspecified atom stereocenters. The molecule has 3 aromatic rings. The Bertz CT molecular complexity index is 1130. The SMILES string of the molecule is O=C(CCCN1C(=O)c2ccccc2C1=O)Nc1ccccc1C(=O)NCc1ccco1. The molecule has 2 aromatic carbocycles. The van der Waals surface area contributed by atoms with E-state index in [4.69, 9.17) is 4.42 Å². The van der Waals surface area contributed by atoms with Gasteiger partial charge in [0.1, 0.15) is 5.76 Å². The number of carbonyl (C=O) groups excluding carboxylic acids is 4. The Hall–Kier alpha value is -4.20. The fraction of sp³-hybridized carbons (Fsp3) is 0.167. The lowest BCUT2D eigenvalue weighted by molar-refractivity contribution is -0.116. The Morgan fingerprint density at radius 3 is 2.25 bits per heavy atom. The third-order valence-corrected chi connectivity index (χ3v) is 5.11. The summed E-state index contributed by atoms with van der Waals surface area (Å²) in [7, 11) is 0. The van der Waals surface area contributed by atoms with Gasteiger partial charge in [0.05, 0.1) is 35.2 Å². The van der Waals surface area contributed by atoms with E-state index in [1.54, 1.807) is 60.7 Å². The van der Waals surface area contributed by atoms with Crippen LogP contribution < -0.4 is 10.6 Å². The summed E-state index contributed by atoms with van der Waals surface area (Å²) in [4.78, 5) is 50.9. The number of amides is 4. The molecule has 1 aliphatic rings. The van der Waals surface area contributed by atoms with Crippen molar-refractivity contribution in [1.29, 1.82) is 0 Å². The van der Waals surface area contributed by atoms with Crippen molar-refractivity contribution in [2.24, 2.45) is 0 Å². The molecule has 32 heavy (non-hydrogen) atoms. The van der Waals surface area contributed by atoms with Crippen LogP contribution in [0.15, 0.2) is 71.3 Å². The zero-order valence-electron chi connectivity index (χ0n) is 17.2. The van der Waals surface area contributed by atoms with Crippen LogP contribution in [0.2, 0.25) is 0 Å². The third kappa shape index (κ3) is 4.44. The van der Waals surface area contributed by atoms with Gasteiger partial charge in [-0.15, -0.1) is 0 Å². The molecule has 1 aromatic heterocycles. The first kappa shape index (κ1) is 21.0. The predicted molar refractivity (Wildman–Crippen MR) is 116 cm³/mol. The Kier molecular flexibility index (Phi) is 6.12. The van der Waals surface area contributed by atoms with Crippen LogP contribution >= 0.6 is 0 Å². The van der Waals surface area contributed by atoms with Crippen molar-refractivity contribution in [1.82, 2.24) is 10.2 Å². The quantitative estimate of drug-likeness (QED) is 0.533. The number of anilines is 1. The number of carbonyl (C=O) groups is 4. The smallest absolute Gasteiger partial charge is 0.261 e. The summed E-state index contributed by atoms with van der Waals surface area (Å²) in [5, 5.41) is 5.49. The van der Waals surface area contributed by atoms with Gasteiger partial charge in [0.2, 0.25) is 5.91 Å². The zero-order valence-corrected chi connectivity index (χ0v) is 17.2. The second-order valence-corrected chi connectivity index (χ2v) is 7.27. The Morgan fingerprint density at radius 2 is 1.56 bits per heavy atom. The molecule has 1 aliphatic heterocycles. The molecule has 0 bridgehead atoms. The average Bonchev–Trinajstić information content (AvgIpc) is 3.41. The molecule has 0 saturated carbocycles. The van der Waals surface area contributed by atoms with Crippen molar-refractivity contribution >= 4 is 29.3 Å². The highest BCUT2D eigenvalue weighted by Gasteiger charge is 2.34. The maximum absolute atomic E-state index is 12.5. The molecule has 0 fully saturated rings. The monoisotopic (exact) mass is 431 g/mol. The number of fused-ring (bicyclic) bond motifs is 1. The zero-order chi connectivity index (χ0) is 22.5. The molecule has 0 spiro atoms. The summed E-state index contributed by atoms with van der Waals surface area (Å²) < 4.78 is 5.20. The molecule has 8 nitrogen and oxygen atoms in total. The number of furan rings is 1. The molecule has 0 atom stereocenters. The van der Waals surface area contributed by atoms with E-state index in [1.807, 2.05) is 0 Å². The van der Waals surface area contributed by atoms with Crippen LogP contribution in [-0.2, 0) is 11.3 Å². The van der Waals surface area contributed by atoms with Gasteiger partial charge in [-0.2, -0.15) is 0 Å². The van der Waals surface area contributed by atoms with E-state index in [0.29, 0.717) is 34.6 Å². The summed E-state index contributed by atoms with van der Waals surface area (Å²) >= 11 is 0. The summed E-state index contributed by atoms with van der Waals surface area (Å²) in [5.74, 6) is -0.724. The number of benzene rings is 2. The van der Waals surface area contributed by atoms with E-state index in [9.17, 15) is 19.2 Å². The van der Waals surface area contributed by atoms with E-state index in [0.717, 1.165) is 4.90 Å². The number of hydrogen-bond acceptors (Lipinski definition) is 5. The fourth-order valence-electron chi connectivity index (χ4n) is 3.52. The maximum Gasteiger partial charge on any atom is 0.261 e. The highest BCUT2D eigenvalue weighted by molar-refractivity contribution is 6.21. The number of rotatable bonds is 8. The molecule has 8 heteroatoms. The Balaban J connectivity index is 1.31. The summed E-state index contributed by atoms with van der Waals surface area (Å²) in [6, 6.07) is 16.8. The van der Waals surface area contributed by atoms with E-state index < -0.39 is 0 Å².